The van der Waals surface area contributed by atoms with Gasteiger partial charge in [-0.25, -0.2) is 0 Å². The molecule has 0 saturated carbocycles. The van der Waals surface area contributed by atoms with Crippen LogP contribution < -0.4 is 5.32 Å². The fraction of sp³-hybridized carbons (Fsp3) is 0.917. The maximum atomic E-state index is 11.5. The van der Waals surface area contributed by atoms with Crippen LogP contribution in [0.5, 0.6) is 0 Å². The Morgan fingerprint density at radius 2 is 1.53 bits per heavy atom. The molecule has 0 bridgehead atoms. The zero-order valence-corrected chi connectivity index (χ0v) is 14.2. The first-order valence-corrected chi connectivity index (χ1v) is 8.23. The van der Waals surface area contributed by atoms with E-state index in [2.05, 4.69) is 44.1 Å². The summed E-state index contributed by atoms with van der Waals surface area (Å²) in [4.78, 5) is 11.5. The van der Waals surface area contributed by atoms with Crippen LogP contribution in [0.1, 0.15) is 58.3 Å². The zero-order chi connectivity index (χ0) is 13.1. The number of unbranched alkanes of at least 4 members (excludes halogenated alkanes) is 7. The second-order valence-electron chi connectivity index (χ2n) is 4.62. The van der Waals surface area contributed by atoms with Gasteiger partial charge in [-0.3, -0.25) is 4.79 Å². The van der Waals surface area contributed by atoms with Crippen LogP contribution in [0.3, 0.4) is 0 Å². The van der Waals surface area contributed by atoms with Gasteiger partial charge >= 0.3 is 0 Å². The molecule has 0 atom stereocenters. The predicted molar refractivity (Wildman–Crippen MR) is 84.7 cm³/mol. The summed E-state index contributed by atoms with van der Waals surface area (Å²) in [6, 6.07) is 0. The number of rotatable bonds is 10. The van der Waals surface area contributed by atoms with E-state index in [9.17, 15) is 4.79 Å². The van der Waals surface area contributed by atoms with Crippen molar-refractivity contribution in [3.8, 4) is 0 Å². The molecule has 17 heavy (non-hydrogen) atoms. The van der Waals surface area contributed by atoms with E-state index in [-0.39, 0.29) is 5.91 Å². The summed E-state index contributed by atoms with van der Waals surface area (Å²) < 4.78 is -0.625. The Balaban J connectivity index is 3.22. The standard InChI is InChI=1S/C12H24BBr2NO/c1-2-3-4-5-6-7-8-9-10-16-11(17)12(13,14)15/h2-10,13H2,1H3,(H,16,17). The lowest BCUT2D eigenvalue weighted by molar-refractivity contribution is -0.119. The summed E-state index contributed by atoms with van der Waals surface area (Å²) in [6.07, 6.45) is 10.3. The van der Waals surface area contributed by atoms with Gasteiger partial charge in [0.25, 0.3) is 0 Å². The number of hydrogen-bond acceptors (Lipinski definition) is 1. The van der Waals surface area contributed by atoms with E-state index in [1.54, 1.807) is 7.85 Å². The number of carbonyl (C=O) groups is 1. The number of carbonyl (C=O) groups excluding carboxylic acids is 1. The van der Waals surface area contributed by atoms with E-state index in [4.69, 9.17) is 0 Å². The fourth-order valence-electron chi connectivity index (χ4n) is 1.62. The Morgan fingerprint density at radius 1 is 1.06 bits per heavy atom. The third-order valence-electron chi connectivity index (χ3n) is 2.71. The maximum absolute atomic E-state index is 11.5. The molecule has 100 valence electrons. The topological polar surface area (TPSA) is 29.1 Å². The third kappa shape index (κ3) is 11.3. The SMILES string of the molecule is BC(Br)(Br)C(=O)NCCCCCCCCCC. The van der Waals surface area contributed by atoms with E-state index in [1.165, 1.54) is 44.9 Å². The first-order valence-electron chi connectivity index (χ1n) is 6.64. The van der Waals surface area contributed by atoms with E-state index in [0.717, 1.165) is 13.0 Å². The number of amides is 1. The Hall–Kier alpha value is 0.495. The van der Waals surface area contributed by atoms with Crippen LogP contribution in [0, 0.1) is 0 Å². The smallest absolute Gasteiger partial charge is 0.238 e. The molecular formula is C12H24BBr2NO. The molecule has 1 N–H and O–H groups in total. The van der Waals surface area contributed by atoms with E-state index >= 15 is 0 Å². The molecule has 1 amide bonds. The molecule has 0 unspecified atom stereocenters. The van der Waals surface area contributed by atoms with Crippen LogP contribution in [0.4, 0.5) is 0 Å². The summed E-state index contributed by atoms with van der Waals surface area (Å²) in [5, 5.41) is 2.90. The maximum Gasteiger partial charge on any atom is 0.238 e. The number of hydrogen-bond donors (Lipinski definition) is 1. The number of halogens is 2. The van der Waals surface area contributed by atoms with E-state index in [0.29, 0.717) is 0 Å². The van der Waals surface area contributed by atoms with Gasteiger partial charge in [0.2, 0.25) is 5.91 Å². The largest absolute Gasteiger partial charge is 0.355 e. The molecule has 0 aliphatic rings. The van der Waals surface area contributed by atoms with Crippen molar-refractivity contribution in [1.29, 1.82) is 0 Å². The highest BCUT2D eigenvalue weighted by atomic mass is 79.9. The molecule has 0 radical (unpaired) electrons. The first kappa shape index (κ1) is 17.5. The van der Waals surface area contributed by atoms with Crippen molar-refractivity contribution in [1.82, 2.24) is 5.32 Å². The normalized spacial score (nSPS) is 11.5. The van der Waals surface area contributed by atoms with Gasteiger partial charge in [0.15, 0.2) is 0 Å². The van der Waals surface area contributed by atoms with Crippen molar-refractivity contribution in [3.05, 3.63) is 0 Å². The number of nitrogens with one attached hydrogen (secondary N) is 1. The molecule has 0 heterocycles. The van der Waals surface area contributed by atoms with Crippen molar-refractivity contribution < 1.29 is 4.79 Å². The molecular weight excluding hydrogens is 345 g/mol. The van der Waals surface area contributed by atoms with Crippen LogP contribution >= 0.6 is 31.9 Å². The monoisotopic (exact) mass is 367 g/mol. The van der Waals surface area contributed by atoms with Crippen LogP contribution in [-0.4, -0.2) is 23.4 Å². The Morgan fingerprint density at radius 3 is 2.00 bits per heavy atom. The van der Waals surface area contributed by atoms with Crippen LogP contribution in [0.2, 0.25) is 0 Å². The molecule has 0 aromatic rings. The summed E-state index contributed by atoms with van der Waals surface area (Å²) in [5.74, 6) is 0.000413. The highest BCUT2D eigenvalue weighted by Gasteiger charge is 2.24. The third-order valence-corrected chi connectivity index (χ3v) is 3.43. The molecule has 0 aromatic carbocycles. The Kier molecular flexibility index (Phi) is 10.7. The summed E-state index contributed by atoms with van der Waals surface area (Å²) in [5.41, 5.74) is 0. The van der Waals surface area contributed by atoms with Crippen molar-refractivity contribution in [2.24, 2.45) is 0 Å². The molecule has 0 rings (SSSR count). The van der Waals surface area contributed by atoms with Gasteiger partial charge in [-0.1, -0.05) is 83.7 Å². The van der Waals surface area contributed by atoms with E-state index in [1.807, 2.05) is 0 Å². The summed E-state index contributed by atoms with van der Waals surface area (Å²) in [7, 11) is 1.79. The molecule has 0 aliphatic heterocycles. The minimum atomic E-state index is -0.625. The molecule has 5 heteroatoms. The minimum Gasteiger partial charge on any atom is -0.355 e. The first-order chi connectivity index (χ1) is 7.98. The average molecular weight is 369 g/mol. The number of alkyl halides is 2. The Bertz CT molecular complexity index is 207. The van der Waals surface area contributed by atoms with Gasteiger partial charge in [0.1, 0.15) is 11.0 Å². The zero-order valence-electron chi connectivity index (χ0n) is 11.0. The van der Waals surface area contributed by atoms with Gasteiger partial charge < -0.3 is 5.32 Å². The van der Waals surface area contributed by atoms with Gasteiger partial charge in [-0.2, -0.15) is 0 Å². The van der Waals surface area contributed by atoms with Gasteiger partial charge in [0.05, 0.1) is 0 Å². The second kappa shape index (κ2) is 10.4. The molecule has 2 nitrogen and oxygen atoms in total. The summed E-state index contributed by atoms with van der Waals surface area (Å²) >= 11 is 6.53. The minimum absolute atomic E-state index is 0.000413. The lowest BCUT2D eigenvalue weighted by Crippen LogP contribution is -2.38. The van der Waals surface area contributed by atoms with Gasteiger partial charge in [0, 0.05) is 6.54 Å². The fourth-order valence-corrected chi connectivity index (χ4v) is 1.90. The molecule has 0 aromatic heterocycles. The predicted octanol–water partition coefficient (Wildman–Crippen LogP) is 3.32. The molecule has 0 spiro atoms. The van der Waals surface area contributed by atoms with Gasteiger partial charge in [-0.05, 0) is 6.42 Å². The highest BCUT2D eigenvalue weighted by molar-refractivity contribution is 9.26. The molecule has 0 aliphatic carbocycles. The molecule has 0 saturated heterocycles. The quantitative estimate of drug-likeness (QED) is 0.358. The van der Waals surface area contributed by atoms with Crippen molar-refractivity contribution >= 4 is 45.6 Å². The van der Waals surface area contributed by atoms with Crippen molar-refractivity contribution in [2.75, 3.05) is 6.54 Å². The lowest BCUT2D eigenvalue weighted by Gasteiger charge is -2.13. The second-order valence-corrected chi connectivity index (χ2v) is 8.86. The highest BCUT2D eigenvalue weighted by Crippen LogP contribution is 2.21. The Labute approximate surface area is 123 Å². The van der Waals surface area contributed by atoms with Crippen molar-refractivity contribution in [2.45, 2.75) is 61.4 Å². The van der Waals surface area contributed by atoms with E-state index < -0.39 is 3.13 Å². The van der Waals surface area contributed by atoms with Crippen molar-refractivity contribution in [3.63, 3.8) is 0 Å². The summed E-state index contributed by atoms with van der Waals surface area (Å²) in [6.45, 7) is 3.02. The lowest BCUT2D eigenvalue weighted by atomic mass is 10.0. The van der Waals surface area contributed by atoms with Crippen LogP contribution in [0.25, 0.3) is 0 Å². The average Bonchev–Trinajstić information content (AvgIpc) is 2.25. The van der Waals surface area contributed by atoms with Crippen LogP contribution in [0.15, 0.2) is 0 Å². The molecule has 0 fully saturated rings. The van der Waals surface area contributed by atoms with Crippen LogP contribution in [-0.2, 0) is 4.79 Å². The van der Waals surface area contributed by atoms with Gasteiger partial charge in [-0.15, -0.1) is 0 Å².